The van der Waals surface area contributed by atoms with Crippen molar-refractivity contribution in [1.29, 1.82) is 0 Å². The Balaban J connectivity index is 0.00000128. The standard InChI is InChI=1S/C13H18FN.ClH/c1-9-6-7-11(14)8-12(9)13(15)10-4-2-3-5-10;/h6-8,10,13H,2-5,15H2,1H3;1H/t13-;/m1./s1. The lowest BCUT2D eigenvalue weighted by Gasteiger charge is -2.21. The summed E-state index contributed by atoms with van der Waals surface area (Å²) in [7, 11) is 0. The van der Waals surface area contributed by atoms with Crippen LogP contribution in [0.4, 0.5) is 4.39 Å². The minimum Gasteiger partial charge on any atom is -0.324 e. The highest BCUT2D eigenvalue weighted by atomic mass is 35.5. The van der Waals surface area contributed by atoms with Crippen LogP contribution in [0.5, 0.6) is 0 Å². The Kier molecular flexibility index (Phi) is 4.75. The van der Waals surface area contributed by atoms with Crippen molar-refractivity contribution in [3.8, 4) is 0 Å². The monoisotopic (exact) mass is 243 g/mol. The van der Waals surface area contributed by atoms with Gasteiger partial charge in [0, 0.05) is 6.04 Å². The van der Waals surface area contributed by atoms with E-state index in [2.05, 4.69) is 0 Å². The van der Waals surface area contributed by atoms with E-state index < -0.39 is 0 Å². The molecule has 1 fully saturated rings. The number of hydrogen-bond acceptors (Lipinski definition) is 1. The van der Waals surface area contributed by atoms with Crippen LogP contribution in [0.3, 0.4) is 0 Å². The van der Waals surface area contributed by atoms with Gasteiger partial charge in [0.25, 0.3) is 0 Å². The number of nitrogens with two attached hydrogens (primary N) is 1. The average molecular weight is 244 g/mol. The summed E-state index contributed by atoms with van der Waals surface area (Å²) in [6.45, 7) is 2.00. The molecule has 0 saturated heterocycles. The minimum atomic E-state index is -0.177. The van der Waals surface area contributed by atoms with E-state index in [1.54, 1.807) is 6.07 Å². The Morgan fingerprint density at radius 3 is 2.56 bits per heavy atom. The highest BCUT2D eigenvalue weighted by Crippen LogP contribution is 2.35. The van der Waals surface area contributed by atoms with E-state index >= 15 is 0 Å². The van der Waals surface area contributed by atoms with Gasteiger partial charge in [-0.15, -0.1) is 12.4 Å². The van der Waals surface area contributed by atoms with Crippen molar-refractivity contribution in [2.24, 2.45) is 11.7 Å². The molecule has 2 rings (SSSR count). The Bertz CT molecular complexity index is 348. The lowest BCUT2D eigenvalue weighted by atomic mass is 9.90. The zero-order valence-corrected chi connectivity index (χ0v) is 10.4. The largest absolute Gasteiger partial charge is 0.324 e. The lowest BCUT2D eigenvalue weighted by molar-refractivity contribution is 0.441. The average Bonchev–Trinajstić information content (AvgIpc) is 2.74. The Labute approximate surface area is 103 Å². The van der Waals surface area contributed by atoms with E-state index in [0.29, 0.717) is 5.92 Å². The Hall–Kier alpha value is -0.600. The van der Waals surface area contributed by atoms with Crippen molar-refractivity contribution in [3.05, 3.63) is 35.1 Å². The number of hydrogen-bond donors (Lipinski definition) is 1. The first-order valence-corrected chi connectivity index (χ1v) is 5.70. The van der Waals surface area contributed by atoms with Crippen LogP contribution in [0.2, 0.25) is 0 Å². The summed E-state index contributed by atoms with van der Waals surface area (Å²) in [6, 6.07) is 4.93. The molecule has 3 heteroatoms. The number of halogens is 2. The molecule has 1 aromatic rings. The van der Waals surface area contributed by atoms with Gasteiger partial charge in [-0.3, -0.25) is 0 Å². The normalized spacial score (nSPS) is 18.2. The maximum atomic E-state index is 13.1. The maximum absolute atomic E-state index is 13.1. The molecule has 2 N–H and O–H groups in total. The summed E-state index contributed by atoms with van der Waals surface area (Å²) < 4.78 is 13.1. The molecule has 0 amide bonds. The highest BCUT2D eigenvalue weighted by Gasteiger charge is 2.24. The number of benzene rings is 1. The molecule has 0 aromatic heterocycles. The molecule has 0 aliphatic heterocycles. The van der Waals surface area contributed by atoms with Gasteiger partial charge in [-0.25, -0.2) is 4.39 Å². The molecule has 0 unspecified atom stereocenters. The molecule has 0 bridgehead atoms. The molecule has 90 valence electrons. The van der Waals surface area contributed by atoms with Crippen molar-refractivity contribution in [2.75, 3.05) is 0 Å². The molecule has 1 nitrogen and oxygen atoms in total. The fraction of sp³-hybridized carbons (Fsp3) is 0.538. The molecule has 1 aliphatic carbocycles. The van der Waals surface area contributed by atoms with Crippen molar-refractivity contribution >= 4 is 12.4 Å². The molecule has 1 saturated carbocycles. The van der Waals surface area contributed by atoms with E-state index in [4.69, 9.17) is 5.73 Å². The van der Waals surface area contributed by atoms with Crippen molar-refractivity contribution in [1.82, 2.24) is 0 Å². The van der Waals surface area contributed by atoms with Gasteiger partial charge in [0.05, 0.1) is 0 Å². The zero-order chi connectivity index (χ0) is 10.8. The van der Waals surface area contributed by atoms with Crippen LogP contribution in [-0.2, 0) is 0 Å². The van der Waals surface area contributed by atoms with Gasteiger partial charge in [-0.2, -0.15) is 0 Å². The van der Waals surface area contributed by atoms with Crippen molar-refractivity contribution in [3.63, 3.8) is 0 Å². The third-order valence-corrected chi connectivity index (χ3v) is 3.51. The first-order chi connectivity index (χ1) is 7.18. The molecule has 1 aliphatic rings. The molecule has 0 heterocycles. The van der Waals surface area contributed by atoms with Crippen LogP contribution in [0.15, 0.2) is 18.2 Å². The molecular weight excluding hydrogens is 225 g/mol. The lowest BCUT2D eigenvalue weighted by Crippen LogP contribution is -2.20. The van der Waals surface area contributed by atoms with E-state index in [0.717, 1.165) is 11.1 Å². The molecule has 16 heavy (non-hydrogen) atoms. The van der Waals surface area contributed by atoms with Gasteiger partial charge in [-0.1, -0.05) is 18.9 Å². The fourth-order valence-corrected chi connectivity index (χ4v) is 2.54. The zero-order valence-electron chi connectivity index (χ0n) is 9.58. The van der Waals surface area contributed by atoms with E-state index in [-0.39, 0.29) is 24.3 Å². The third kappa shape index (κ3) is 2.74. The smallest absolute Gasteiger partial charge is 0.123 e. The Morgan fingerprint density at radius 2 is 1.94 bits per heavy atom. The summed E-state index contributed by atoms with van der Waals surface area (Å²) in [5, 5.41) is 0. The summed E-state index contributed by atoms with van der Waals surface area (Å²) in [5.74, 6) is 0.370. The number of aryl methyl sites for hydroxylation is 1. The predicted octanol–water partition coefficient (Wildman–Crippen LogP) is 3.75. The molecule has 1 atom stereocenters. The van der Waals surface area contributed by atoms with E-state index in [1.165, 1.54) is 31.7 Å². The second kappa shape index (κ2) is 5.65. The topological polar surface area (TPSA) is 26.0 Å². The fourth-order valence-electron chi connectivity index (χ4n) is 2.54. The predicted molar refractivity (Wildman–Crippen MR) is 67.3 cm³/mol. The van der Waals surface area contributed by atoms with Crippen LogP contribution in [0.25, 0.3) is 0 Å². The second-order valence-electron chi connectivity index (χ2n) is 4.57. The van der Waals surface area contributed by atoms with E-state index in [1.807, 2.05) is 13.0 Å². The van der Waals surface area contributed by atoms with Crippen LogP contribution in [0.1, 0.15) is 42.9 Å². The molecular formula is C13H19ClFN. The maximum Gasteiger partial charge on any atom is 0.123 e. The summed E-state index contributed by atoms with van der Waals surface area (Å²) in [6.07, 6.45) is 4.92. The van der Waals surface area contributed by atoms with Crippen LogP contribution in [-0.4, -0.2) is 0 Å². The first kappa shape index (κ1) is 13.5. The van der Waals surface area contributed by atoms with E-state index in [9.17, 15) is 4.39 Å². The van der Waals surface area contributed by atoms with Gasteiger partial charge in [0.2, 0.25) is 0 Å². The van der Waals surface area contributed by atoms with Crippen molar-refractivity contribution in [2.45, 2.75) is 38.6 Å². The van der Waals surface area contributed by atoms with Gasteiger partial charge in [0.15, 0.2) is 0 Å². The summed E-state index contributed by atoms with van der Waals surface area (Å²) >= 11 is 0. The second-order valence-corrected chi connectivity index (χ2v) is 4.57. The van der Waals surface area contributed by atoms with Gasteiger partial charge in [0.1, 0.15) is 5.82 Å². The van der Waals surface area contributed by atoms with Crippen LogP contribution >= 0.6 is 12.4 Å². The minimum absolute atomic E-state index is 0. The first-order valence-electron chi connectivity index (χ1n) is 5.70. The SMILES string of the molecule is Cc1ccc(F)cc1[C@H](N)C1CCCC1.Cl. The van der Waals surface area contributed by atoms with Crippen LogP contribution < -0.4 is 5.73 Å². The molecule has 0 radical (unpaired) electrons. The molecule has 0 spiro atoms. The Morgan fingerprint density at radius 1 is 1.31 bits per heavy atom. The summed E-state index contributed by atoms with van der Waals surface area (Å²) in [5.41, 5.74) is 8.30. The van der Waals surface area contributed by atoms with Gasteiger partial charge in [-0.05, 0) is 48.9 Å². The van der Waals surface area contributed by atoms with Crippen LogP contribution in [0, 0.1) is 18.7 Å². The van der Waals surface area contributed by atoms with Gasteiger partial charge < -0.3 is 5.73 Å². The van der Waals surface area contributed by atoms with Crippen molar-refractivity contribution < 1.29 is 4.39 Å². The quantitative estimate of drug-likeness (QED) is 0.841. The number of rotatable bonds is 2. The van der Waals surface area contributed by atoms with Gasteiger partial charge >= 0.3 is 0 Å². The molecule has 1 aromatic carbocycles. The highest BCUT2D eigenvalue weighted by molar-refractivity contribution is 5.85. The third-order valence-electron chi connectivity index (χ3n) is 3.51. The summed E-state index contributed by atoms with van der Waals surface area (Å²) in [4.78, 5) is 0.